The van der Waals surface area contributed by atoms with E-state index in [1.807, 2.05) is 68.4 Å². The predicted octanol–water partition coefficient (Wildman–Crippen LogP) is 4.06. The van der Waals surface area contributed by atoms with Crippen LogP contribution < -0.4 is 5.32 Å². The van der Waals surface area contributed by atoms with Gasteiger partial charge >= 0.3 is 5.97 Å². The number of carbonyl (C=O) groups excluding carboxylic acids is 2. The molecule has 0 saturated carbocycles. The molecule has 2 aromatic carbocycles. The summed E-state index contributed by atoms with van der Waals surface area (Å²) in [5.74, 6) is -1.13. The van der Waals surface area contributed by atoms with Crippen LogP contribution in [-0.4, -0.2) is 29.6 Å². The molecule has 2 heterocycles. The van der Waals surface area contributed by atoms with Crippen molar-refractivity contribution in [3.63, 3.8) is 0 Å². The SMILES string of the molecule is CC(C)C(OC(=O)C1OCCc2ccccc21)C(=O)Nc1cccc2ncccc12. The van der Waals surface area contributed by atoms with Gasteiger partial charge in [0, 0.05) is 11.6 Å². The highest BCUT2D eigenvalue weighted by atomic mass is 16.6. The smallest absolute Gasteiger partial charge is 0.340 e. The summed E-state index contributed by atoms with van der Waals surface area (Å²) in [4.78, 5) is 30.2. The number of pyridine rings is 1. The highest BCUT2D eigenvalue weighted by Crippen LogP contribution is 2.29. The lowest BCUT2D eigenvalue weighted by atomic mass is 9.97. The van der Waals surface area contributed by atoms with Gasteiger partial charge in [0.1, 0.15) is 0 Å². The standard InChI is InChI=1S/C24H24N2O4/c1-15(2)21(23(27)26-20-11-5-10-19-18(20)9-6-13-25-19)30-24(28)22-17-8-4-3-7-16(17)12-14-29-22/h3-11,13,15,21-22H,12,14H2,1-2H3,(H,26,27). The summed E-state index contributed by atoms with van der Waals surface area (Å²) in [6.07, 6.45) is 0.700. The van der Waals surface area contributed by atoms with Crippen molar-refractivity contribution in [1.29, 1.82) is 0 Å². The Morgan fingerprint density at radius 3 is 2.77 bits per heavy atom. The summed E-state index contributed by atoms with van der Waals surface area (Å²) in [7, 11) is 0. The Hall–Kier alpha value is -3.25. The van der Waals surface area contributed by atoms with Crippen LogP contribution in [0.1, 0.15) is 31.1 Å². The Bertz CT molecular complexity index is 1070. The fourth-order valence-electron chi connectivity index (χ4n) is 3.68. The van der Waals surface area contributed by atoms with Gasteiger partial charge in [0.25, 0.3) is 5.91 Å². The summed E-state index contributed by atoms with van der Waals surface area (Å²) >= 11 is 0. The third-order valence-corrected chi connectivity index (χ3v) is 5.22. The van der Waals surface area contributed by atoms with Crippen molar-refractivity contribution in [3.05, 3.63) is 71.9 Å². The van der Waals surface area contributed by atoms with E-state index in [4.69, 9.17) is 9.47 Å². The minimum atomic E-state index is -0.942. The van der Waals surface area contributed by atoms with Gasteiger partial charge in [0.2, 0.25) is 0 Å². The van der Waals surface area contributed by atoms with Gasteiger partial charge in [0.05, 0.1) is 17.8 Å². The molecule has 4 rings (SSSR count). The molecule has 6 nitrogen and oxygen atoms in total. The molecule has 0 spiro atoms. The van der Waals surface area contributed by atoms with Gasteiger partial charge in [0.15, 0.2) is 12.2 Å². The Morgan fingerprint density at radius 1 is 1.10 bits per heavy atom. The number of nitrogens with one attached hydrogen (secondary N) is 1. The first-order valence-electron chi connectivity index (χ1n) is 10.1. The monoisotopic (exact) mass is 404 g/mol. The van der Waals surface area contributed by atoms with Gasteiger partial charge in [-0.15, -0.1) is 0 Å². The van der Waals surface area contributed by atoms with E-state index in [0.29, 0.717) is 12.3 Å². The molecule has 0 bridgehead atoms. The number of amides is 1. The van der Waals surface area contributed by atoms with Crippen LogP contribution in [0, 0.1) is 5.92 Å². The number of anilines is 1. The summed E-state index contributed by atoms with van der Waals surface area (Å²) in [6.45, 7) is 4.13. The molecule has 1 aromatic heterocycles. The predicted molar refractivity (Wildman–Crippen MR) is 114 cm³/mol. The van der Waals surface area contributed by atoms with Gasteiger partial charge in [-0.3, -0.25) is 9.78 Å². The second-order valence-corrected chi connectivity index (χ2v) is 7.67. The fraction of sp³-hybridized carbons (Fsp3) is 0.292. The number of benzene rings is 2. The van der Waals surface area contributed by atoms with E-state index in [0.717, 1.165) is 28.5 Å². The third kappa shape index (κ3) is 4.04. The molecule has 1 amide bonds. The molecule has 0 fully saturated rings. The molecule has 1 N–H and O–H groups in total. The summed E-state index contributed by atoms with van der Waals surface area (Å²) in [5, 5.41) is 3.72. The molecule has 154 valence electrons. The van der Waals surface area contributed by atoms with Crippen molar-refractivity contribution >= 4 is 28.5 Å². The lowest BCUT2D eigenvalue weighted by Crippen LogP contribution is -2.39. The number of aromatic nitrogens is 1. The van der Waals surface area contributed by atoms with Crippen LogP contribution in [0.4, 0.5) is 5.69 Å². The molecular formula is C24H24N2O4. The van der Waals surface area contributed by atoms with Gasteiger partial charge in [-0.1, -0.05) is 44.2 Å². The molecule has 30 heavy (non-hydrogen) atoms. The topological polar surface area (TPSA) is 77.5 Å². The zero-order valence-electron chi connectivity index (χ0n) is 17.0. The van der Waals surface area contributed by atoms with E-state index in [1.165, 1.54) is 0 Å². The molecule has 6 heteroatoms. The molecule has 1 aliphatic heterocycles. The van der Waals surface area contributed by atoms with E-state index in [1.54, 1.807) is 6.20 Å². The van der Waals surface area contributed by atoms with Crippen molar-refractivity contribution in [2.45, 2.75) is 32.5 Å². The molecule has 0 saturated heterocycles. The van der Waals surface area contributed by atoms with Crippen LogP contribution in [0.15, 0.2) is 60.8 Å². The van der Waals surface area contributed by atoms with Crippen molar-refractivity contribution in [1.82, 2.24) is 4.98 Å². The van der Waals surface area contributed by atoms with Crippen molar-refractivity contribution in [3.8, 4) is 0 Å². The maximum Gasteiger partial charge on any atom is 0.340 e. The van der Waals surface area contributed by atoms with E-state index in [9.17, 15) is 9.59 Å². The van der Waals surface area contributed by atoms with E-state index >= 15 is 0 Å². The average Bonchev–Trinajstić information content (AvgIpc) is 2.77. The van der Waals surface area contributed by atoms with Gasteiger partial charge in [-0.2, -0.15) is 0 Å². The largest absolute Gasteiger partial charge is 0.450 e. The Kier molecular flexibility index (Phi) is 5.77. The second-order valence-electron chi connectivity index (χ2n) is 7.67. The maximum atomic E-state index is 13.0. The average molecular weight is 404 g/mol. The lowest BCUT2D eigenvalue weighted by molar-refractivity contribution is -0.169. The summed E-state index contributed by atoms with van der Waals surface area (Å²) in [5.41, 5.74) is 3.28. The quantitative estimate of drug-likeness (QED) is 0.649. The lowest BCUT2D eigenvalue weighted by Gasteiger charge is -2.27. The minimum absolute atomic E-state index is 0.208. The van der Waals surface area contributed by atoms with E-state index in [-0.39, 0.29) is 11.8 Å². The minimum Gasteiger partial charge on any atom is -0.450 e. The number of esters is 1. The highest BCUT2D eigenvalue weighted by molar-refractivity contribution is 6.03. The van der Waals surface area contributed by atoms with E-state index < -0.39 is 18.2 Å². The molecule has 0 radical (unpaired) electrons. The van der Waals surface area contributed by atoms with Crippen LogP contribution in [0.2, 0.25) is 0 Å². The normalized spacial score (nSPS) is 16.7. The zero-order chi connectivity index (χ0) is 21.1. The van der Waals surface area contributed by atoms with E-state index in [2.05, 4.69) is 10.3 Å². The number of ether oxygens (including phenoxy) is 2. The first-order chi connectivity index (χ1) is 14.5. The Balaban J connectivity index is 1.53. The van der Waals surface area contributed by atoms with Crippen molar-refractivity contribution in [2.75, 3.05) is 11.9 Å². The van der Waals surface area contributed by atoms with Crippen LogP contribution >= 0.6 is 0 Å². The molecule has 2 atom stereocenters. The zero-order valence-corrected chi connectivity index (χ0v) is 17.0. The number of hydrogen-bond acceptors (Lipinski definition) is 5. The Labute approximate surface area is 175 Å². The number of nitrogens with zero attached hydrogens (tertiary/aromatic N) is 1. The van der Waals surface area contributed by atoms with Crippen LogP contribution in [0.5, 0.6) is 0 Å². The molecule has 0 aliphatic carbocycles. The molecular weight excluding hydrogens is 380 g/mol. The van der Waals surface area contributed by atoms with Crippen molar-refractivity contribution < 1.29 is 19.1 Å². The van der Waals surface area contributed by atoms with Gasteiger partial charge in [-0.25, -0.2) is 4.79 Å². The second kappa shape index (κ2) is 8.63. The maximum absolute atomic E-state index is 13.0. The van der Waals surface area contributed by atoms with Crippen LogP contribution in [0.25, 0.3) is 10.9 Å². The van der Waals surface area contributed by atoms with Crippen LogP contribution in [0.3, 0.4) is 0 Å². The Morgan fingerprint density at radius 2 is 1.93 bits per heavy atom. The third-order valence-electron chi connectivity index (χ3n) is 5.22. The molecule has 1 aliphatic rings. The summed E-state index contributed by atoms with van der Waals surface area (Å²) < 4.78 is 11.4. The first-order valence-corrected chi connectivity index (χ1v) is 10.1. The number of rotatable bonds is 5. The van der Waals surface area contributed by atoms with Crippen molar-refractivity contribution in [2.24, 2.45) is 5.92 Å². The summed E-state index contributed by atoms with van der Waals surface area (Å²) in [6, 6.07) is 16.9. The molecule has 2 unspecified atom stereocenters. The molecule has 3 aromatic rings. The number of hydrogen-bond donors (Lipinski definition) is 1. The number of fused-ring (bicyclic) bond motifs is 2. The fourth-order valence-corrected chi connectivity index (χ4v) is 3.68. The van der Waals surface area contributed by atoms with Gasteiger partial charge in [-0.05, 0) is 47.7 Å². The number of carbonyl (C=O) groups is 2. The van der Waals surface area contributed by atoms with Crippen LogP contribution in [-0.2, 0) is 25.5 Å². The van der Waals surface area contributed by atoms with Gasteiger partial charge < -0.3 is 14.8 Å². The first kappa shape index (κ1) is 20.0. The highest BCUT2D eigenvalue weighted by Gasteiger charge is 2.34.